The van der Waals surface area contributed by atoms with Gasteiger partial charge in [0.1, 0.15) is 11.5 Å². The van der Waals surface area contributed by atoms with Crippen LogP contribution in [0.2, 0.25) is 5.02 Å². The van der Waals surface area contributed by atoms with Crippen LogP contribution < -0.4 is 10.9 Å². The van der Waals surface area contributed by atoms with E-state index in [1.165, 1.54) is 16.0 Å². The number of benzene rings is 1. The van der Waals surface area contributed by atoms with Gasteiger partial charge in [0, 0.05) is 22.3 Å². The van der Waals surface area contributed by atoms with Crippen LogP contribution >= 0.6 is 22.9 Å². The van der Waals surface area contributed by atoms with Crippen LogP contribution in [-0.4, -0.2) is 25.7 Å². The van der Waals surface area contributed by atoms with Gasteiger partial charge in [0.05, 0.1) is 11.3 Å². The zero-order valence-electron chi connectivity index (χ0n) is 16.3. The number of rotatable bonds is 5. The van der Waals surface area contributed by atoms with Crippen LogP contribution in [0.5, 0.6) is 0 Å². The number of halogens is 1. The monoisotopic (exact) mass is 439 g/mol. The highest BCUT2D eigenvalue weighted by molar-refractivity contribution is 7.13. The fraction of sp³-hybridized carbons (Fsp3) is 0.143. The summed E-state index contributed by atoms with van der Waals surface area (Å²) in [5, 5.41) is 10.0. The van der Waals surface area contributed by atoms with Crippen molar-refractivity contribution in [3.8, 4) is 16.5 Å². The number of amides is 1. The molecule has 0 aliphatic rings. The number of thiophene rings is 1. The third-order valence-electron chi connectivity index (χ3n) is 4.61. The summed E-state index contributed by atoms with van der Waals surface area (Å²) in [6, 6.07) is 12.7. The first-order valence-electron chi connectivity index (χ1n) is 9.17. The SMILES string of the molecule is Cc1nc(-n2nc(-c3cccs3)cc2NC(=O)Cc2ccc(Cl)cc2)[nH]c(=O)c1C. The van der Waals surface area contributed by atoms with Crippen molar-refractivity contribution in [1.29, 1.82) is 0 Å². The second-order valence-corrected chi connectivity index (χ2v) is 8.14. The molecule has 1 amide bonds. The van der Waals surface area contributed by atoms with Crippen LogP contribution in [-0.2, 0) is 11.2 Å². The van der Waals surface area contributed by atoms with Crippen LogP contribution in [0.1, 0.15) is 16.8 Å². The van der Waals surface area contributed by atoms with Gasteiger partial charge in [-0.1, -0.05) is 29.8 Å². The summed E-state index contributed by atoms with van der Waals surface area (Å²) < 4.78 is 1.45. The van der Waals surface area contributed by atoms with Crippen molar-refractivity contribution >= 4 is 34.7 Å². The first-order chi connectivity index (χ1) is 14.4. The Hall–Kier alpha value is -3.23. The maximum Gasteiger partial charge on any atom is 0.255 e. The number of nitrogens with one attached hydrogen (secondary N) is 2. The molecule has 0 aliphatic carbocycles. The van der Waals surface area contributed by atoms with Crippen LogP contribution in [0.25, 0.3) is 16.5 Å². The largest absolute Gasteiger partial charge is 0.310 e. The molecule has 30 heavy (non-hydrogen) atoms. The van der Waals surface area contributed by atoms with Crippen LogP contribution in [0.4, 0.5) is 5.82 Å². The molecule has 152 valence electrons. The van der Waals surface area contributed by atoms with E-state index in [-0.39, 0.29) is 23.8 Å². The second kappa shape index (κ2) is 8.25. The van der Waals surface area contributed by atoms with Crippen molar-refractivity contribution in [2.24, 2.45) is 0 Å². The number of carbonyl (C=O) groups excluding carboxylic acids is 1. The molecule has 0 radical (unpaired) electrons. The number of hydrogen-bond donors (Lipinski definition) is 2. The molecule has 4 rings (SSSR count). The second-order valence-electron chi connectivity index (χ2n) is 6.76. The molecule has 3 aromatic heterocycles. The predicted molar refractivity (Wildman–Crippen MR) is 119 cm³/mol. The average molecular weight is 440 g/mol. The Kier molecular flexibility index (Phi) is 5.52. The lowest BCUT2D eigenvalue weighted by atomic mass is 10.1. The smallest absolute Gasteiger partial charge is 0.255 e. The molecule has 0 spiro atoms. The lowest BCUT2D eigenvalue weighted by molar-refractivity contribution is -0.115. The maximum absolute atomic E-state index is 12.7. The van der Waals surface area contributed by atoms with Gasteiger partial charge in [-0.15, -0.1) is 11.3 Å². The Balaban J connectivity index is 1.70. The molecular weight excluding hydrogens is 422 g/mol. The van der Waals surface area contributed by atoms with Crippen molar-refractivity contribution in [3.05, 3.63) is 80.0 Å². The average Bonchev–Trinajstić information content (AvgIpc) is 3.37. The molecule has 0 bridgehead atoms. The fourth-order valence-electron chi connectivity index (χ4n) is 2.88. The Morgan fingerprint density at radius 3 is 2.67 bits per heavy atom. The number of aromatic nitrogens is 4. The summed E-state index contributed by atoms with van der Waals surface area (Å²) in [7, 11) is 0. The van der Waals surface area contributed by atoms with E-state index in [1.807, 2.05) is 17.5 Å². The molecule has 7 nitrogen and oxygen atoms in total. The summed E-state index contributed by atoms with van der Waals surface area (Å²) in [5.41, 5.74) is 2.40. The number of aryl methyl sites for hydroxylation is 1. The van der Waals surface area contributed by atoms with E-state index in [1.54, 1.807) is 44.2 Å². The van der Waals surface area contributed by atoms with Gasteiger partial charge in [0.25, 0.3) is 5.56 Å². The van der Waals surface area contributed by atoms with E-state index < -0.39 is 0 Å². The number of carbonyl (C=O) groups is 1. The molecule has 9 heteroatoms. The minimum Gasteiger partial charge on any atom is -0.310 e. The first kappa shape index (κ1) is 20.1. The summed E-state index contributed by atoms with van der Waals surface area (Å²) in [6.45, 7) is 3.47. The van der Waals surface area contributed by atoms with Gasteiger partial charge in [-0.25, -0.2) is 4.98 Å². The molecule has 1 aromatic carbocycles. The van der Waals surface area contributed by atoms with Gasteiger partial charge in [-0.2, -0.15) is 9.78 Å². The molecule has 2 N–H and O–H groups in total. The zero-order chi connectivity index (χ0) is 21.3. The van der Waals surface area contributed by atoms with Crippen molar-refractivity contribution in [3.63, 3.8) is 0 Å². The van der Waals surface area contributed by atoms with E-state index in [2.05, 4.69) is 20.4 Å². The minimum atomic E-state index is -0.246. The lowest BCUT2D eigenvalue weighted by Crippen LogP contribution is -2.21. The Morgan fingerprint density at radius 1 is 1.23 bits per heavy atom. The lowest BCUT2D eigenvalue weighted by Gasteiger charge is -2.09. The van der Waals surface area contributed by atoms with Crippen LogP contribution in [0.15, 0.2) is 52.6 Å². The van der Waals surface area contributed by atoms with E-state index in [0.717, 1.165) is 10.4 Å². The highest BCUT2D eigenvalue weighted by Crippen LogP contribution is 2.27. The van der Waals surface area contributed by atoms with Gasteiger partial charge in [0.2, 0.25) is 11.9 Å². The highest BCUT2D eigenvalue weighted by atomic mass is 35.5. The predicted octanol–water partition coefficient (Wildman–Crippen LogP) is 4.14. The molecule has 0 saturated heterocycles. The Morgan fingerprint density at radius 2 is 2.00 bits per heavy atom. The number of aromatic amines is 1. The Labute approximate surface area is 181 Å². The number of H-pyrrole nitrogens is 1. The maximum atomic E-state index is 12.7. The first-order valence-corrected chi connectivity index (χ1v) is 10.4. The third-order valence-corrected chi connectivity index (χ3v) is 5.76. The molecule has 0 fully saturated rings. The van der Waals surface area contributed by atoms with Gasteiger partial charge in [-0.05, 0) is 43.0 Å². The molecule has 0 unspecified atom stereocenters. The van der Waals surface area contributed by atoms with Crippen molar-refractivity contribution < 1.29 is 4.79 Å². The van der Waals surface area contributed by atoms with Gasteiger partial charge in [-0.3, -0.25) is 14.6 Å². The summed E-state index contributed by atoms with van der Waals surface area (Å²) >= 11 is 7.44. The van der Waals surface area contributed by atoms with Crippen LogP contribution in [0, 0.1) is 13.8 Å². The highest BCUT2D eigenvalue weighted by Gasteiger charge is 2.17. The Bertz CT molecular complexity index is 1260. The van der Waals surface area contributed by atoms with E-state index in [4.69, 9.17) is 11.6 Å². The molecule has 4 aromatic rings. The fourth-order valence-corrected chi connectivity index (χ4v) is 3.69. The van der Waals surface area contributed by atoms with Gasteiger partial charge in [0.15, 0.2) is 0 Å². The number of nitrogens with zero attached hydrogens (tertiary/aromatic N) is 3. The molecule has 3 heterocycles. The van der Waals surface area contributed by atoms with Crippen molar-refractivity contribution in [1.82, 2.24) is 19.7 Å². The standard InChI is InChI=1S/C21H18ClN5O2S/c1-12-13(2)23-21(25-20(12)29)27-18(11-16(26-27)17-4-3-9-30-17)24-19(28)10-14-5-7-15(22)8-6-14/h3-9,11H,10H2,1-2H3,(H,24,28)(H,23,25,29). The number of hydrogen-bond acceptors (Lipinski definition) is 5. The van der Waals surface area contributed by atoms with Gasteiger partial charge < -0.3 is 5.32 Å². The minimum absolute atomic E-state index is 0.174. The van der Waals surface area contributed by atoms with E-state index >= 15 is 0 Å². The van der Waals surface area contributed by atoms with E-state index in [0.29, 0.717) is 27.8 Å². The normalized spacial score (nSPS) is 10.9. The topological polar surface area (TPSA) is 92.7 Å². The summed E-state index contributed by atoms with van der Waals surface area (Å²) in [6.07, 6.45) is 0.174. The number of anilines is 1. The zero-order valence-corrected chi connectivity index (χ0v) is 17.8. The quantitative estimate of drug-likeness (QED) is 0.489. The van der Waals surface area contributed by atoms with Gasteiger partial charge >= 0.3 is 0 Å². The summed E-state index contributed by atoms with van der Waals surface area (Å²) in [5.74, 6) is 0.443. The molecule has 0 aliphatic heterocycles. The molecular formula is C21H18ClN5O2S. The summed E-state index contributed by atoms with van der Waals surface area (Å²) in [4.78, 5) is 33.0. The van der Waals surface area contributed by atoms with Crippen LogP contribution in [0.3, 0.4) is 0 Å². The van der Waals surface area contributed by atoms with Crippen molar-refractivity contribution in [2.45, 2.75) is 20.3 Å². The third kappa shape index (κ3) is 4.19. The van der Waals surface area contributed by atoms with Crippen molar-refractivity contribution in [2.75, 3.05) is 5.32 Å². The molecule has 0 saturated carbocycles. The van der Waals surface area contributed by atoms with E-state index in [9.17, 15) is 9.59 Å². The molecule has 0 atom stereocenters.